The van der Waals surface area contributed by atoms with Crippen molar-refractivity contribution in [2.24, 2.45) is 0 Å². The van der Waals surface area contributed by atoms with Gasteiger partial charge in [0.05, 0.1) is 6.04 Å². The monoisotopic (exact) mass is 626 g/mol. The van der Waals surface area contributed by atoms with Gasteiger partial charge in [0.15, 0.2) is 0 Å². The first kappa shape index (κ1) is 30.8. The predicted octanol–water partition coefficient (Wildman–Crippen LogP) is 7.48. The molecule has 2 amide bonds. The van der Waals surface area contributed by atoms with Crippen LogP contribution in [0.2, 0.25) is 10.0 Å². The Morgan fingerprint density at radius 1 is 1.02 bits per heavy atom. The zero-order valence-electron chi connectivity index (χ0n) is 24.1. The van der Waals surface area contributed by atoms with E-state index in [1.165, 1.54) is 12.1 Å². The number of anilines is 1. The summed E-state index contributed by atoms with van der Waals surface area (Å²) in [5.41, 5.74) is -0.443. The number of ether oxygens (including phenoxy) is 1. The summed E-state index contributed by atoms with van der Waals surface area (Å²) >= 11 is 12.9. The minimum Gasteiger partial charge on any atom is -0.478 e. The summed E-state index contributed by atoms with van der Waals surface area (Å²) < 4.78 is 21.2. The number of nitrogens with one attached hydrogen (secondary N) is 2. The van der Waals surface area contributed by atoms with Crippen LogP contribution >= 0.6 is 23.2 Å². The molecular weight excluding hydrogens is 594 g/mol. The second-order valence-electron chi connectivity index (χ2n) is 11.4. The fourth-order valence-corrected chi connectivity index (χ4v) is 7.18. The third-order valence-electron chi connectivity index (χ3n) is 8.65. The third-order valence-corrected chi connectivity index (χ3v) is 9.12. The number of halogens is 3. The Kier molecular flexibility index (Phi) is 8.47. The molecule has 43 heavy (non-hydrogen) atoms. The number of hydrogen-bond donors (Lipinski definition) is 3. The zero-order valence-corrected chi connectivity index (χ0v) is 25.6. The Hall–Kier alpha value is -3.62. The van der Waals surface area contributed by atoms with Crippen molar-refractivity contribution in [2.45, 2.75) is 75.9 Å². The molecule has 3 N–H and O–H groups in total. The van der Waals surface area contributed by atoms with Gasteiger partial charge in [-0.05, 0) is 78.9 Å². The summed E-state index contributed by atoms with van der Waals surface area (Å²) in [6.07, 6.45) is 1.48. The number of fused-ring (bicyclic) bond motifs is 2. The Labute approximate surface area is 259 Å². The molecule has 2 aliphatic heterocycles. The van der Waals surface area contributed by atoms with E-state index in [1.54, 1.807) is 49.4 Å². The van der Waals surface area contributed by atoms with Gasteiger partial charge in [-0.2, -0.15) is 0 Å². The van der Waals surface area contributed by atoms with E-state index in [4.69, 9.17) is 27.9 Å². The van der Waals surface area contributed by atoms with Crippen LogP contribution in [0.1, 0.15) is 80.2 Å². The lowest BCUT2D eigenvalue weighted by atomic mass is 9.59. The predicted molar refractivity (Wildman–Crippen MR) is 163 cm³/mol. The van der Waals surface area contributed by atoms with Crippen molar-refractivity contribution >= 4 is 46.7 Å². The maximum absolute atomic E-state index is 14.7. The van der Waals surface area contributed by atoms with E-state index < -0.39 is 40.7 Å². The number of carbonyl (C=O) groups is 3. The van der Waals surface area contributed by atoms with Crippen LogP contribution in [0.5, 0.6) is 5.75 Å². The SMILES string of the molecule is CCCC(CCC)(Oc1ccc(Cl)cc1[C@H]1CC(=O)N[C@@H](c2cc(F)ccc2C)[C@]12C(=O)Nc1cc(Cl)ccc12)C(=O)O. The van der Waals surface area contributed by atoms with Gasteiger partial charge in [0.1, 0.15) is 17.0 Å². The molecule has 10 heteroatoms. The van der Waals surface area contributed by atoms with Crippen LogP contribution in [0.4, 0.5) is 10.1 Å². The smallest absolute Gasteiger partial charge is 0.348 e. The molecule has 1 fully saturated rings. The number of piperidine rings is 1. The van der Waals surface area contributed by atoms with E-state index in [1.807, 2.05) is 13.8 Å². The summed E-state index contributed by atoms with van der Waals surface area (Å²) in [4.78, 5) is 40.6. The van der Waals surface area contributed by atoms with Gasteiger partial charge in [0.25, 0.3) is 0 Å². The molecule has 0 aromatic heterocycles. The number of rotatable bonds is 9. The average molecular weight is 628 g/mol. The highest BCUT2D eigenvalue weighted by Gasteiger charge is 2.62. The maximum atomic E-state index is 14.7. The number of carbonyl (C=O) groups excluding carboxylic acids is 2. The van der Waals surface area contributed by atoms with Crippen molar-refractivity contribution in [3.8, 4) is 5.75 Å². The zero-order chi connectivity index (χ0) is 31.1. The van der Waals surface area contributed by atoms with Gasteiger partial charge in [-0.25, -0.2) is 9.18 Å². The highest BCUT2D eigenvalue weighted by Crippen LogP contribution is 2.59. The van der Waals surface area contributed by atoms with Crippen molar-refractivity contribution in [3.63, 3.8) is 0 Å². The van der Waals surface area contributed by atoms with Gasteiger partial charge < -0.3 is 20.5 Å². The van der Waals surface area contributed by atoms with Crippen LogP contribution in [0.3, 0.4) is 0 Å². The van der Waals surface area contributed by atoms with Gasteiger partial charge in [0.2, 0.25) is 17.4 Å². The van der Waals surface area contributed by atoms with Gasteiger partial charge in [0, 0.05) is 33.6 Å². The van der Waals surface area contributed by atoms with E-state index in [0.29, 0.717) is 50.8 Å². The number of aliphatic carboxylic acids is 1. The number of aryl methyl sites for hydroxylation is 1. The lowest BCUT2D eigenvalue weighted by molar-refractivity contribution is -0.157. The first-order valence-corrected chi connectivity index (χ1v) is 15.1. The number of carboxylic acids is 1. The van der Waals surface area contributed by atoms with E-state index in [9.17, 15) is 23.9 Å². The molecule has 7 nitrogen and oxygen atoms in total. The van der Waals surface area contributed by atoms with Crippen LogP contribution in [-0.2, 0) is 19.8 Å². The van der Waals surface area contributed by atoms with Gasteiger partial charge in [-0.1, -0.05) is 62.0 Å². The average Bonchev–Trinajstić information content (AvgIpc) is 3.23. The summed E-state index contributed by atoms with van der Waals surface area (Å²) in [5.74, 6) is -3.05. The van der Waals surface area contributed by atoms with Gasteiger partial charge in [-0.15, -0.1) is 0 Å². The number of hydrogen-bond acceptors (Lipinski definition) is 4. The molecule has 5 rings (SSSR count). The molecule has 0 saturated carbocycles. The Balaban J connectivity index is 1.80. The lowest BCUT2D eigenvalue weighted by Gasteiger charge is -2.47. The maximum Gasteiger partial charge on any atom is 0.348 e. The largest absolute Gasteiger partial charge is 0.478 e. The molecule has 1 spiro atoms. The van der Waals surface area contributed by atoms with Crippen molar-refractivity contribution in [1.29, 1.82) is 0 Å². The molecule has 0 radical (unpaired) electrons. The number of carboxylic acid groups (broad SMARTS) is 1. The third kappa shape index (κ3) is 5.25. The van der Waals surface area contributed by atoms with E-state index >= 15 is 0 Å². The standard InChI is InChI=1S/C33H33Cl2FN2O5/c1-4-12-32(13-5-2,31(41)42)43-27-11-8-19(34)14-23(27)25-17-28(39)38-29(22-16-21(36)9-6-18(22)3)33(25)24-10-7-20(35)15-26(24)37-30(33)40/h6-11,14-16,25,29H,4-5,12-13,17H2,1-3H3,(H,37,40)(H,38,39)(H,41,42)/t25-,29+,33-/m1/s1. The van der Waals surface area contributed by atoms with Crippen LogP contribution in [0.25, 0.3) is 0 Å². The molecule has 3 aromatic rings. The Morgan fingerprint density at radius 2 is 1.70 bits per heavy atom. The lowest BCUT2D eigenvalue weighted by Crippen LogP contribution is -2.57. The van der Waals surface area contributed by atoms with Gasteiger partial charge in [-0.3, -0.25) is 9.59 Å². The second kappa shape index (κ2) is 11.8. The normalized spacial score (nSPS) is 21.3. The van der Waals surface area contributed by atoms with Crippen LogP contribution in [0, 0.1) is 12.7 Å². The van der Waals surface area contributed by atoms with Crippen LogP contribution < -0.4 is 15.4 Å². The molecule has 2 aliphatic rings. The first-order chi connectivity index (χ1) is 20.5. The molecule has 0 bridgehead atoms. The summed E-state index contributed by atoms with van der Waals surface area (Å²) in [6.45, 7) is 5.56. The van der Waals surface area contributed by atoms with E-state index in [0.717, 1.165) is 0 Å². The number of amides is 2. The minimum absolute atomic E-state index is 0.140. The Bertz CT molecular complexity index is 1610. The molecule has 3 atom stereocenters. The van der Waals surface area contributed by atoms with Crippen molar-refractivity contribution in [1.82, 2.24) is 5.32 Å². The van der Waals surface area contributed by atoms with Crippen molar-refractivity contribution in [3.05, 3.63) is 92.7 Å². The van der Waals surface area contributed by atoms with Gasteiger partial charge >= 0.3 is 5.97 Å². The fraction of sp³-hybridized carbons (Fsp3) is 0.364. The fourth-order valence-electron chi connectivity index (χ4n) is 6.83. The van der Waals surface area contributed by atoms with Crippen molar-refractivity contribution < 1.29 is 28.6 Å². The van der Waals surface area contributed by atoms with Crippen LogP contribution in [-0.4, -0.2) is 28.5 Å². The molecular formula is C33H33Cl2FN2O5. The van der Waals surface area contributed by atoms with Crippen molar-refractivity contribution in [2.75, 3.05) is 5.32 Å². The molecule has 3 aromatic carbocycles. The van der Waals surface area contributed by atoms with E-state index in [-0.39, 0.29) is 30.9 Å². The van der Waals surface area contributed by atoms with Crippen LogP contribution in [0.15, 0.2) is 54.6 Å². The summed E-state index contributed by atoms with van der Waals surface area (Å²) in [6, 6.07) is 13.1. The molecule has 0 unspecified atom stereocenters. The first-order valence-electron chi connectivity index (χ1n) is 14.4. The Morgan fingerprint density at radius 3 is 2.37 bits per heavy atom. The highest BCUT2D eigenvalue weighted by molar-refractivity contribution is 6.31. The summed E-state index contributed by atoms with van der Waals surface area (Å²) in [5, 5.41) is 17.0. The second-order valence-corrected chi connectivity index (χ2v) is 12.2. The minimum atomic E-state index is -1.53. The molecule has 0 aliphatic carbocycles. The topological polar surface area (TPSA) is 105 Å². The van der Waals surface area contributed by atoms with E-state index in [2.05, 4.69) is 10.6 Å². The molecule has 226 valence electrons. The highest BCUT2D eigenvalue weighted by atomic mass is 35.5. The molecule has 2 heterocycles. The molecule has 1 saturated heterocycles. The summed E-state index contributed by atoms with van der Waals surface area (Å²) in [7, 11) is 0. The quantitative estimate of drug-likeness (QED) is 0.228. The number of benzene rings is 3.